The van der Waals surface area contributed by atoms with Gasteiger partial charge in [0.25, 0.3) is 0 Å². The monoisotopic (exact) mass is 677 g/mol. The summed E-state index contributed by atoms with van der Waals surface area (Å²) in [4.78, 5) is 24.4. The highest BCUT2D eigenvalue weighted by molar-refractivity contribution is 6.11. The van der Waals surface area contributed by atoms with Gasteiger partial charge in [0, 0.05) is 55.2 Å². The second-order valence-electron chi connectivity index (χ2n) is 14.4. The third kappa shape index (κ3) is 5.40. The van der Waals surface area contributed by atoms with Crippen molar-refractivity contribution in [3.63, 3.8) is 0 Å². The molecule has 50 heavy (non-hydrogen) atoms. The first-order chi connectivity index (χ1) is 24.0. The first-order valence-electron chi connectivity index (χ1n) is 17.2. The Morgan fingerprint density at radius 2 is 1.94 bits per heavy atom. The number of piperidine rings is 1. The number of rotatable bonds is 8. The number of nitrogens with one attached hydrogen (secondary N) is 1. The Kier molecular flexibility index (Phi) is 8.60. The number of hydrogen-bond donors (Lipinski definition) is 1. The summed E-state index contributed by atoms with van der Waals surface area (Å²) in [7, 11) is 5.74. The zero-order chi connectivity index (χ0) is 35.5. The number of fused-ring (bicyclic) bond motifs is 4. The van der Waals surface area contributed by atoms with Crippen molar-refractivity contribution in [1.29, 1.82) is 5.26 Å². The number of likely N-dealkylation sites (N-methyl/N-ethyl adjacent to an activating group) is 1. The van der Waals surface area contributed by atoms with Crippen molar-refractivity contribution < 1.29 is 13.9 Å². The predicted molar refractivity (Wildman–Crippen MR) is 194 cm³/mol. The van der Waals surface area contributed by atoms with Gasteiger partial charge in [0.1, 0.15) is 11.3 Å². The summed E-state index contributed by atoms with van der Waals surface area (Å²) >= 11 is 0. The van der Waals surface area contributed by atoms with Crippen molar-refractivity contribution in [1.82, 2.24) is 34.8 Å². The van der Waals surface area contributed by atoms with Gasteiger partial charge in [-0.2, -0.15) is 15.5 Å². The number of aryl methyl sites for hydroxylation is 2. The highest BCUT2D eigenvalue weighted by Crippen LogP contribution is 2.44. The minimum absolute atomic E-state index is 0.0386. The summed E-state index contributed by atoms with van der Waals surface area (Å²) in [6.07, 6.45) is 8.24. The van der Waals surface area contributed by atoms with Crippen LogP contribution in [-0.4, -0.2) is 99.7 Å². The molecule has 0 spiro atoms. The molecule has 11 nitrogen and oxygen atoms in total. The molecule has 5 heterocycles. The van der Waals surface area contributed by atoms with Crippen LogP contribution in [0.3, 0.4) is 0 Å². The van der Waals surface area contributed by atoms with Crippen molar-refractivity contribution in [2.75, 3.05) is 52.3 Å². The number of aromatic amines is 1. The number of pyridine rings is 1. The SMILES string of the molecule is COC/C=C/C(=O)N1CC[C@H](n2ncc3c(N4CC(C)(N(C)C)C4)nc4c(F)c(-c5c(C)c(C)cc6[nH]ncc56)c(C)cc4c32)C[C@H]1CC#N. The van der Waals surface area contributed by atoms with Crippen LogP contribution >= 0.6 is 0 Å². The smallest absolute Gasteiger partial charge is 0.246 e. The summed E-state index contributed by atoms with van der Waals surface area (Å²) in [6.45, 7) is 10.5. The number of halogens is 1. The van der Waals surface area contributed by atoms with Crippen LogP contribution in [0.1, 0.15) is 48.9 Å². The van der Waals surface area contributed by atoms with Gasteiger partial charge < -0.3 is 19.4 Å². The van der Waals surface area contributed by atoms with Crippen LogP contribution in [-0.2, 0) is 9.53 Å². The van der Waals surface area contributed by atoms with E-state index < -0.39 is 0 Å². The zero-order valence-corrected chi connectivity index (χ0v) is 29.8. The van der Waals surface area contributed by atoms with E-state index in [4.69, 9.17) is 14.8 Å². The largest absolute Gasteiger partial charge is 0.381 e. The lowest BCUT2D eigenvalue weighted by Crippen LogP contribution is -2.67. The van der Waals surface area contributed by atoms with E-state index in [9.17, 15) is 10.1 Å². The summed E-state index contributed by atoms with van der Waals surface area (Å²) in [5.74, 6) is 0.215. The van der Waals surface area contributed by atoms with Crippen LogP contribution in [0.4, 0.5) is 10.2 Å². The normalized spacial score (nSPS) is 19.3. The third-order valence-electron chi connectivity index (χ3n) is 11.1. The summed E-state index contributed by atoms with van der Waals surface area (Å²) in [6, 6.07) is 5.99. The number of benzene rings is 2. The Balaban J connectivity index is 1.40. The Morgan fingerprint density at radius 3 is 2.66 bits per heavy atom. The number of H-pyrrole nitrogens is 1. The van der Waals surface area contributed by atoms with E-state index in [1.807, 2.05) is 43.8 Å². The Morgan fingerprint density at radius 1 is 1.16 bits per heavy atom. The molecular weight excluding hydrogens is 633 g/mol. The van der Waals surface area contributed by atoms with E-state index in [0.29, 0.717) is 48.3 Å². The molecule has 3 aromatic heterocycles. The maximum absolute atomic E-state index is 17.4. The molecule has 2 atom stereocenters. The van der Waals surface area contributed by atoms with Crippen LogP contribution in [0.25, 0.3) is 43.8 Å². The molecule has 7 rings (SSSR count). The Hall–Kier alpha value is -4.86. The molecule has 0 bridgehead atoms. The first-order valence-corrected chi connectivity index (χ1v) is 17.2. The fraction of sp³-hybridized carbons (Fsp3) is 0.447. The number of carbonyl (C=O) groups excluding carboxylic acids is 1. The predicted octanol–water partition coefficient (Wildman–Crippen LogP) is 5.98. The number of nitrogens with zero attached hydrogens (tertiary/aromatic N) is 8. The summed E-state index contributed by atoms with van der Waals surface area (Å²) in [5, 5.41) is 24.5. The van der Waals surface area contributed by atoms with Crippen molar-refractivity contribution >= 4 is 44.4 Å². The van der Waals surface area contributed by atoms with Crippen molar-refractivity contribution in [3.05, 3.63) is 59.2 Å². The molecule has 0 radical (unpaired) electrons. The summed E-state index contributed by atoms with van der Waals surface area (Å²) < 4.78 is 24.5. The lowest BCUT2D eigenvalue weighted by atomic mass is 9.89. The minimum Gasteiger partial charge on any atom is -0.381 e. The van der Waals surface area contributed by atoms with E-state index in [1.165, 1.54) is 6.08 Å². The van der Waals surface area contributed by atoms with Gasteiger partial charge in [0.15, 0.2) is 5.82 Å². The topological polar surface area (TPSA) is 119 Å². The van der Waals surface area contributed by atoms with Gasteiger partial charge in [-0.1, -0.05) is 6.08 Å². The van der Waals surface area contributed by atoms with Crippen LogP contribution in [0.15, 0.2) is 36.7 Å². The molecule has 2 aromatic carbocycles. The molecule has 0 aliphatic carbocycles. The lowest BCUT2D eigenvalue weighted by molar-refractivity contribution is -0.130. The molecule has 2 aliphatic rings. The average molecular weight is 678 g/mol. The van der Waals surface area contributed by atoms with Gasteiger partial charge in [-0.3, -0.25) is 14.6 Å². The zero-order valence-electron chi connectivity index (χ0n) is 29.8. The Bertz CT molecular complexity index is 2210. The lowest BCUT2D eigenvalue weighted by Gasteiger charge is -2.52. The second kappa shape index (κ2) is 12.8. The van der Waals surface area contributed by atoms with Gasteiger partial charge in [-0.05, 0) is 89.0 Å². The molecule has 2 saturated heterocycles. The Labute approximate surface area is 291 Å². The molecule has 0 saturated carbocycles. The highest BCUT2D eigenvalue weighted by Gasteiger charge is 2.42. The molecule has 0 unspecified atom stereocenters. The van der Waals surface area contributed by atoms with Crippen LogP contribution in [0.2, 0.25) is 0 Å². The van der Waals surface area contributed by atoms with Crippen molar-refractivity contribution in [3.8, 4) is 17.2 Å². The maximum Gasteiger partial charge on any atom is 0.246 e. The van der Waals surface area contributed by atoms with E-state index in [-0.39, 0.29) is 35.8 Å². The van der Waals surface area contributed by atoms with E-state index in [2.05, 4.69) is 47.1 Å². The standard InChI is InChI=1S/C38H44FN9O2/c1-22-16-30-28(18-41-44-30)33(24(22)3)32-23(2)15-27-35(34(32)39)43-37(46-20-38(4,21-46)45(5)6)29-19-42-48(36(27)29)26-11-13-47(25(17-26)10-12-40)31(49)9-8-14-50-7/h8-9,15-16,18-19,25-26H,10-11,13-14,17,20-21H2,1-7H3,(H,41,44)/b9-8+/t25-,26+/m1/s1. The molecular formula is C38H44FN9O2. The summed E-state index contributed by atoms with van der Waals surface area (Å²) in [5.41, 5.74) is 6.14. The van der Waals surface area contributed by atoms with Crippen LogP contribution in [0.5, 0.6) is 0 Å². The molecule has 5 aromatic rings. The molecule has 1 amide bonds. The fourth-order valence-corrected chi connectivity index (χ4v) is 7.88. The van der Waals surface area contributed by atoms with Crippen molar-refractivity contribution in [2.45, 2.75) is 64.6 Å². The first kappa shape index (κ1) is 33.6. The molecule has 12 heteroatoms. The molecule has 2 aliphatic heterocycles. The highest BCUT2D eigenvalue weighted by atomic mass is 19.1. The number of amides is 1. The number of aromatic nitrogens is 5. The van der Waals surface area contributed by atoms with Gasteiger partial charge >= 0.3 is 0 Å². The van der Waals surface area contributed by atoms with Gasteiger partial charge in [-0.25, -0.2) is 9.37 Å². The molecule has 2 fully saturated rings. The van der Waals surface area contributed by atoms with Crippen LogP contribution < -0.4 is 4.90 Å². The number of anilines is 1. The number of nitriles is 1. The van der Waals surface area contributed by atoms with Gasteiger partial charge in [0.2, 0.25) is 5.91 Å². The molecule has 260 valence electrons. The second-order valence-corrected chi connectivity index (χ2v) is 14.4. The van der Waals surface area contributed by atoms with E-state index in [0.717, 1.165) is 57.1 Å². The van der Waals surface area contributed by atoms with E-state index >= 15 is 4.39 Å². The fourth-order valence-electron chi connectivity index (χ4n) is 7.88. The number of ether oxygens (including phenoxy) is 1. The number of carbonyl (C=O) groups is 1. The quantitative estimate of drug-likeness (QED) is 0.199. The molecule has 1 N–H and O–H groups in total. The van der Waals surface area contributed by atoms with Crippen LogP contribution in [0, 0.1) is 37.9 Å². The van der Waals surface area contributed by atoms with Crippen molar-refractivity contribution in [2.24, 2.45) is 0 Å². The number of likely N-dealkylation sites (tertiary alicyclic amines) is 1. The van der Waals surface area contributed by atoms with Gasteiger partial charge in [0.05, 0.1) is 59.5 Å². The number of hydrogen-bond acceptors (Lipinski definition) is 8. The average Bonchev–Trinajstić information content (AvgIpc) is 3.73. The third-order valence-corrected chi connectivity index (χ3v) is 11.1. The van der Waals surface area contributed by atoms with E-state index in [1.54, 1.807) is 24.3 Å². The minimum atomic E-state index is -0.367. The maximum atomic E-state index is 17.4. The number of methoxy groups -OCH3 is 1. The van der Waals surface area contributed by atoms with Gasteiger partial charge in [-0.15, -0.1) is 0 Å².